The Labute approximate surface area is 400 Å². The van der Waals surface area contributed by atoms with Gasteiger partial charge in [0.1, 0.15) is 42.3 Å². The van der Waals surface area contributed by atoms with Gasteiger partial charge in [0.2, 0.25) is 47.3 Å². The number of carboxylic acid groups (broad SMARTS) is 1. The van der Waals surface area contributed by atoms with Gasteiger partial charge in [-0.25, -0.2) is 0 Å². The van der Waals surface area contributed by atoms with Crippen molar-refractivity contribution in [2.24, 2.45) is 29.0 Å². The molecule has 8 amide bonds. The van der Waals surface area contributed by atoms with E-state index >= 15 is 0 Å². The van der Waals surface area contributed by atoms with Gasteiger partial charge < -0.3 is 69.9 Å². The Bertz CT molecular complexity index is 1950. The van der Waals surface area contributed by atoms with E-state index in [4.69, 9.17) is 22.6 Å². The first-order chi connectivity index (χ1) is 32.3. The summed E-state index contributed by atoms with van der Waals surface area (Å²) in [5, 5.41) is 57.6. The molecule has 0 aliphatic carbocycles. The number of aliphatic hydroxyl groups is 1. The predicted molar refractivity (Wildman–Crippen MR) is 250 cm³/mol. The van der Waals surface area contributed by atoms with Gasteiger partial charge in [-0.1, -0.05) is 59.6 Å². The number of benzene rings is 1. The highest BCUT2D eigenvalue weighted by molar-refractivity contribution is 5.98. The summed E-state index contributed by atoms with van der Waals surface area (Å²) >= 11 is 0. The van der Waals surface area contributed by atoms with Crippen molar-refractivity contribution in [2.75, 3.05) is 13.2 Å². The molecule has 1 aromatic rings. The molecule has 26 heteroatoms. The van der Waals surface area contributed by atoms with Crippen LogP contribution in [0.4, 0.5) is 5.69 Å². The molecule has 0 bridgehead atoms. The lowest BCUT2D eigenvalue weighted by Crippen LogP contribution is -2.60. The van der Waals surface area contributed by atoms with E-state index in [9.17, 15) is 63.5 Å². The van der Waals surface area contributed by atoms with Gasteiger partial charge in [-0.05, 0) is 56.4 Å². The Hall–Kier alpha value is -6.96. The fourth-order valence-electron chi connectivity index (χ4n) is 6.55. The summed E-state index contributed by atoms with van der Waals surface area (Å²) in [6.07, 6.45) is 0.259. The first-order valence-corrected chi connectivity index (χ1v) is 22.6. The van der Waals surface area contributed by atoms with Gasteiger partial charge >= 0.3 is 5.97 Å². The molecule has 0 spiro atoms. The number of primary amides is 1. The number of aliphatic hydroxyl groups excluding tert-OH is 1. The van der Waals surface area contributed by atoms with Crippen molar-refractivity contribution in [3.8, 4) is 0 Å². The Morgan fingerprint density at radius 2 is 1.20 bits per heavy atom. The number of carbonyl (C=O) groups excluding carboxylic acids is 8. The molecule has 0 unspecified atom stereocenters. The second kappa shape index (κ2) is 30.4. The SMILES string of the molecule is CCCC[C@H](NC(=O)[C@H](C)NC(=O)[C@H](CCC(=O)O)NC(=O)[C@H](Cc1ccc([N+](=O)[O-])cc1)NC(=O)[C@H](CC(C)C)NC(=O)[C@@H](NC(=O)[C@@H](N)CCCNC(=N)N)C(C)C)C(=O)N[C@@H](CO)C(N)=O. The van der Waals surface area contributed by atoms with E-state index in [1.165, 1.54) is 19.1 Å². The number of non-ortho nitro benzene ring substituents is 1. The maximum atomic E-state index is 14.2. The minimum Gasteiger partial charge on any atom is -0.481 e. The third-order valence-electron chi connectivity index (χ3n) is 10.5. The molecular formula is C43H71N13O13. The van der Waals surface area contributed by atoms with Crippen molar-refractivity contribution in [3.63, 3.8) is 0 Å². The van der Waals surface area contributed by atoms with Gasteiger partial charge in [0, 0.05) is 31.5 Å². The summed E-state index contributed by atoms with van der Waals surface area (Å²) in [4.78, 5) is 129. The maximum absolute atomic E-state index is 14.2. The number of hydrogen-bond donors (Lipinski definition) is 14. The number of nitrogens with two attached hydrogens (primary N) is 3. The molecule has 26 nitrogen and oxygen atoms in total. The standard InChI is InChI=1S/C43H71N13O13/c1-7-8-11-28(39(64)54-32(21-57)35(45)60)50-36(61)24(6)49-38(63)29(16-17-33(58)59)51-41(66)31(20-25-12-14-26(15-13-25)56(68)69)52-40(65)30(19-22(2)3)53-42(67)34(23(4)5)55-37(62)27(44)10-9-18-48-43(46)47/h12-15,22-24,27-32,34,57H,7-11,16-21,44H2,1-6H3,(H2,45,60)(H,49,63)(H,50,61)(H,51,66)(H,52,65)(H,53,67)(H,54,64)(H,55,62)(H,58,59)(H4,46,47,48)/t24-,27-,28-,29-,30-,31-,32-,34-/m0/s1. The van der Waals surface area contributed by atoms with Crippen LogP contribution in [0.3, 0.4) is 0 Å². The average Bonchev–Trinajstić information content (AvgIpc) is 3.27. The number of aliphatic carboxylic acids is 1. The van der Waals surface area contributed by atoms with Crippen LogP contribution in [0.1, 0.15) is 98.5 Å². The van der Waals surface area contributed by atoms with Crippen molar-refractivity contribution in [1.82, 2.24) is 42.5 Å². The van der Waals surface area contributed by atoms with Crippen LogP contribution in [-0.2, 0) is 49.6 Å². The zero-order valence-corrected chi connectivity index (χ0v) is 39.9. The second-order valence-corrected chi connectivity index (χ2v) is 17.3. The quantitative estimate of drug-likeness (QED) is 0.0116. The Morgan fingerprint density at radius 1 is 0.681 bits per heavy atom. The molecule has 69 heavy (non-hydrogen) atoms. The molecule has 17 N–H and O–H groups in total. The zero-order valence-electron chi connectivity index (χ0n) is 39.9. The van der Waals surface area contributed by atoms with E-state index in [0.717, 1.165) is 12.1 Å². The molecule has 386 valence electrons. The van der Waals surface area contributed by atoms with Gasteiger partial charge in [0.05, 0.1) is 17.6 Å². The highest BCUT2D eigenvalue weighted by Gasteiger charge is 2.35. The van der Waals surface area contributed by atoms with Gasteiger partial charge in [0.15, 0.2) is 5.96 Å². The fourth-order valence-corrected chi connectivity index (χ4v) is 6.55. The minimum absolute atomic E-state index is 0.0303. The number of carbonyl (C=O) groups is 9. The molecule has 1 rings (SSSR count). The average molecular weight is 978 g/mol. The molecule has 0 saturated carbocycles. The van der Waals surface area contributed by atoms with Gasteiger partial charge in [-0.3, -0.25) is 58.7 Å². The number of carboxylic acids is 1. The summed E-state index contributed by atoms with van der Waals surface area (Å²) in [6, 6.07) is -5.79. The number of nitro benzene ring substituents is 1. The number of unbranched alkanes of at least 4 members (excludes halogenated alkanes) is 1. The first kappa shape index (κ1) is 60.1. The van der Waals surface area contributed by atoms with E-state index in [0.29, 0.717) is 24.8 Å². The van der Waals surface area contributed by atoms with Crippen LogP contribution in [0.25, 0.3) is 0 Å². The smallest absolute Gasteiger partial charge is 0.303 e. The Balaban J connectivity index is 3.48. The fraction of sp³-hybridized carbons (Fsp3) is 0.628. The van der Waals surface area contributed by atoms with Crippen LogP contribution in [0.2, 0.25) is 0 Å². The molecule has 0 heterocycles. The highest BCUT2D eigenvalue weighted by atomic mass is 16.6. The van der Waals surface area contributed by atoms with Crippen molar-refractivity contribution >= 4 is 64.9 Å². The Morgan fingerprint density at radius 3 is 1.72 bits per heavy atom. The molecule has 1 aromatic carbocycles. The van der Waals surface area contributed by atoms with Crippen LogP contribution < -0.4 is 59.7 Å². The topological polar surface area (TPSA) is 435 Å². The second-order valence-electron chi connectivity index (χ2n) is 17.3. The van der Waals surface area contributed by atoms with E-state index in [1.807, 2.05) is 6.92 Å². The van der Waals surface area contributed by atoms with E-state index in [2.05, 4.69) is 42.5 Å². The minimum atomic E-state index is -1.64. The summed E-state index contributed by atoms with van der Waals surface area (Å²) in [7, 11) is 0. The van der Waals surface area contributed by atoms with E-state index < -0.39 is 132 Å². The normalized spacial score (nSPS) is 14.5. The third-order valence-corrected chi connectivity index (χ3v) is 10.5. The number of nitro groups is 1. The van der Waals surface area contributed by atoms with Crippen LogP contribution in [0.15, 0.2) is 24.3 Å². The monoisotopic (exact) mass is 978 g/mol. The molecule has 0 aliphatic rings. The van der Waals surface area contributed by atoms with Crippen LogP contribution in [-0.4, -0.2) is 136 Å². The van der Waals surface area contributed by atoms with Crippen molar-refractivity contribution in [3.05, 3.63) is 39.9 Å². The lowest BCUT2D eigenvalue weighted by molar-refractivity contribution is -0.384. The third kappa shape index (κ3) is 22.6. The molecular weight excluding hydrogens is 907 g/mol. The van der Waals surface area contributed by atoms with Gasteiger partial charge in [0.25, 0.3) is 5.69 Å². The van der Waals surface area contributed by atoms with Crippen LogP contribution in [0, 0.1) is 27.4 Å². The zero-order chi connectivity index (χ0) is 52.5. The van der Waals surface area contributed by atoms with Gasteiger partial charge in [-0.2, -0.15) is 0 Å². The molecule has 0 aliphatic heterocycles. The van der Waals surface area contributed by atoms with E-state index in [-0.39, 0.29) is 49.8 Å². The first-order valence-electron chi connectivity index (χ1n) is 22.6. The molecule has 0 aromatic heterocycles. The number of nitrogens with zero attached hydrogens (tertiary/aromatic N) is 1. The van der Waals surface area contributed by atoms with Crippen molar-refractivity contribution in [1.29, 1.82) is 5.41 Å². The van der Waals surface area contributed by atoms with Crippen LogP contribution in [0.5, 0.6) is 0 Å². The Kier molecular flexibility index (Phi) is 26.5. The van der Waals surface area contributed by atoms with Crippen LogP contribution >= 0.6 is 0 Å². The van der Waals surface area contributed by atoms with Crippen molar-refractivity contribution < 1.29 is 58.3 Å². The number of guanidine groups is 1. The summed E-state index contributed by atoms with van der Waals surface area (Å²) in [5.74, 6) is -9.39. The van der Waals surface area contributed by atoms with E-state index in [1.54, 1.807) is 27.7 Å². The lowest BCUT2D eigenvalue weighted by atomic mass is 9.98. The number of hydrogen-bond acceptors (Lipinski definition) is 14. The number of nitrogens with one attached hydrogen (secondary N) is 9. The largest absolute Gasteiger partial charge is 0.481 e. The molecule has 8 atom stereocenters. The van der Waals surface area contributed by atoms with Crippen molar-refractivity contribution in [2.45, 2.75) is 148 Å². The summed E-state index contributed by atoms with van der Waals surface area (Å²) < 4.78 is 0. The molecule has 0 fully saturated rings. The molecule has 0 radical (unpaired) electrons. The molecule has 0 saturated heterocycles. The number of rotatable bonds is 32. The highest BCUT2D eigenvalue weighted by Crippen LogP contribution is 2.15. The summed E-state index contributed by atoms with van der Waals surface area (Å²) in [6.45, 7) is 9.39. The lowest BCUT2D eigenvalue weighted by Gasteiger charge is -2.29. The van der Waals surface area contributed by atoms with Gasteiger partial charge in [-0.15, -0.1) is 0 Å². The number of amides is 8. The predicted octanol–water partition coefficient (Wildman–Crippen LogP) is -2.62. The maximum Gasteiger partial charge on any atom is 0.303 e. The summed E-state index contributed by atoms with van der Waals surface area (Å²) in [5.41, 5.74) is 16.6.